The van der Waals surface area contributed by atoms with Crippen molar-refractivity contribution in [3.8, 4) is 11.4 Å². The van der Waals surface area contributed by atoms with E-state index in [-0.39, 0.29) is 17.3 Å². The van der Waals surface area contributed by atoms with Crippen molar-refractivity contribution in [1.29, 1.82) is 0 Å². The lowest BCUT2D eigenvalue weighted by molar-refractivity contribution is -0.137. The van der Waals surface area contributed by atoms with Crippen LogP contribution in [0.4, 0.5) is 30.4 Å². The predicted molar refractivity (Wildman–Crippen MR) is 145 cm³/mol. The molecule has 9 nitrogen and oxygen atoms in total. The number of primary amides is 2. The smallest absolute Gasteiger partial charge is 0.368 e. The first-order valence-corrected chi connectivity index (χ1v) is 13.0. The van der Waals surface area contributed by atoms with E-state index < -0.39 is 29.6 Å². The summed E-state index contributed by atoms with van der Waals surface area (Å²) in [6, 6.07) is 11.4. The number of carbonyl (C=O) groups is 2. The van der Waals surface area contributed by atoms with Gasteiger partial charge in [0, 0.05) is 49.2 Å². The highest BCUT2D eigenvalue weighted by Crippen LogP contribution is 2.38. The van der Waals surface area contributed by atoms with Gasteiger partial charge in [0.2, 0.25) is 5.91 Å². The van der Waals surface area contributed by atoms with Gasteiger partial charge in [-0.25, -0.2) is 9.97 Å². The highest BCUT2D eigenvalue weighted by molar-refractivity contribution is 5.92. The summed E-state index contributed by atoms with van der Waals surface area (Å²) in [6.45, 7) is 4.50. The van der Waals surface area contributed by atoms with Crippen LogP contribution in [-0.2, 0) is 17.5 Å². The summed E-state index contributed by atoms with van der Waals surface area (Å²) < 4.78 is 39.5. The number of benzene rings is 2. The van der Waals surface area contributed by atoms with Gasteiger partial charge in [-0.15, -0.1) is 0 Å². The molecule has 5 N–H and O–H groups in total. The minimum atomic E-state index is -4.41. The molecular formula is C28H30F3N7O2. The van der Waals surface area contributed by atoms with E-state index in [2.05, 4.69) is 20.2 Å². The molecule has 0 radical (unpaired) electrons. The van der Waals surface area contributed by atoms with Crippen molar-refractivity contribution >= 4 is 29.0 Å². The molecule has 3 aromatic rings. The van der Waals surface area contributed by atoms with Crippen molar-refractivity contribution in [3.05, 3.63) is 65.4 Å². The number of nitrogens with two attached hydrogens (primary N) is 2. The third-order valence-electron chi connectivity index (χ3n) is 7.15. The predicted octanol–water partition coefficient (Wildman–Crippen LogP) is 3.91. The molecule has 0 bridgehead atoms. The molecule has 40 heavy (non-hydrogen) atoms. The van der Waals surface area contributed by atoms with Crippen molar-refractivity contribution in [3.63, 3.8) is 0 Å². The molecule has 1 aliphatic heterocycles. The second-order valence-electron chi connectivity index (χ2n) is 10.3. The van der Waals surface area contributed by atoms with Crippen LogP contribution in [0.15, 0.2) is 48.5 Å². The van der Waals surface area contributed by atoms with E-state index >= 15 is 0 Å². The Morgan fingerprint density at radius 2 is 1.77 bits per heavy atom. The number of fused-ring (bicyclic) bond motifs is 1. The van der Waals surface area contributed by atoms with Gasteiger partial charge in [0.1, 0.15) is 17.6 Å². The lowest BCUT2D eigenvalue weighted by atomic mass is 10.1. The van der Waals surface area contributed by atoms with Crippen molar-refractivity contribution in [2.75, 3.05) is 29.9 Å². The average molecular weight is 554 g/mol. The Bertz CT molecular complexity index is 1420. The fourth-order valence-corrected chi connectivity index (χ4v) is 4.79. The molecule has 1 aliphatic carbocycles. The number of aromatic nitrogens is 2. The third-order valence-corrected chi connectivity index (χ3v) is 7.15. The van der Waals surface area contributed by atoms with Crippen LogP contribution in [0.2, 0.25) is 0 Å². The molecular weight excluding hydrogens is 523 g/mol. The van der Waals surface area contributed by atoms with Gasteiger partial charge in [-0.05, 0) is 73.7 Å². The molecule has 0 spiro atoms. The number of amides is 2. The molecule has 12 heteroatoms. The zero-order valence-electron chi connectivity index (χ0n) is 21.9. The summed E-state index contributed by atoms with van der Waals surface area (Å²) in [6.07, 6.45) is -2.02. The molecule has 0 saturated heterocycles. The van der Waals surface area contributed by atoms with Gasteiger partial charge in [-0.1, -0.05) is 0 Å². The lowest BCUT2D eigenvalue weighted by Gasteiger charge is -2.26. The van der Waals surface area contributed by atoms with E-state index in [1.807, 2.05) is 17.0 Å². The molecule has 2 aliphatic rings. The number of nitrogens with one attached hydrogen (secondary N) is 1. The Kier molecular flexibility index (Phi) is 7.37. The molecule has 2 amide bonds. The molecule has 1 aromatic heterocycles. The van der Waals surface area contributed by atoms with Crippen molar-refractivity contribution < 1.29 is 22.8 Å². The monoisotopic (exact) mass is 553 g/mol. The maximum Gasteiger partial charge on any atom is 0.416 e. The molecule has 2 heterocycles. The van der Waals surface area contributed by atoms with Crippen molar-refractivity contribution in [2.45, 2.75) is 38.5 Å². The van der Waals surface area contributed by atoms with Crippen LogP contribution in [-0.4, -0.2) is 52.4 Å². The van der Waals surface area contributed by atoms with E-state index in [4.69, 9.17) is 11.5 Å². The molecule has 210 valence electrons. The largest absolute Gasteiger partial charge is 0.416 e. The van der Waals surface area contributed by atoms with Gasteiger partial charge in [-0.3, -0.25) is 14.5 Å². The summed E-state index contributed by atoms with van der Waals surface area (Å²) in [5.41, 5.74) is 13.3. The summed E-state index contributed by atoms with van der Waals surface area (Å²) in [5, 5.41) is 2.87. The van der Waals surface area contributed by atoms with Gasteiger partial charge < -0.3 is 21.7 Å². The Labute approximate surface area is 229 Å². The SMILES string of the molecule is C[C@H](Nc1cc(C(N)=O)nc(-c2ccc3c(c2)CN(CC2CC2)CCN3c2ccc(C(F)(F)F)cc2)n1)C(N)=O. The normalized spacial score (nSPS) is 16.6. The van der Waals surface area contributed by atoms with Crippen molar-refractivity contribution in [2.24, 2.45) is 17.4 Å². The fourth-order valence-electron chi connectivity index (χ4n) is 4.79. The molecule has 1 atom stereocenters. The van der Waals surface area contributed by atoms with E-state index in [0.717, 1.165) is 36.5 Å². The van der Waals surface area contributed by atoms with Crippen LogP contribution in [0.1, 0.15) is 41.4 Å². The summed E-state index contributed by atoms with van der Waals surface area (Å²) in [7, 11) is 0. The van der Waals surface area contributed by atoms with Gasteiger partial charge in [0.15, 0.2) is 5.82 Å². The number of hydrogen-bond donors (Lipinski definition) is 3. The first-order chi connectivity index (χ1) is 19.0. The van der Waals surface area contributed by atoms with Gasteiger partial charge in [-0.2, -0.15) is 13.2 Å². The van der Waals surface area contributed by atoms with E-state index in [1.165, 1.54) is 31.0 Å². The Hall–Kier alpha value is -4.19. The average Bonchev–Trinajstić information content (AvgIpc) is 3.74. The highest BCUT2D eigenvalue weighted by atomic mass is 19.4. The van der Waals surface area contributed by atoms with E-state index in [1.54, 1.807) is 13.0 Å². The zero-order valence-corrected chi connectivity index (χ0v) is 21.9. The number of anilines is 3. The lowest BCUT2D eigenvalue weighted by Crippen LogP contribution is -2.33. The Morgan fingerprint density at radius 1 is 1.05 bits per heavy atom. The molecule has 2 aromatic carbocycles. The number of rotatable bonds is 8. The molecule has 1 saturated carbocycles. The second-order valence-corrected chi connectivity index (χ2v) is 10.3. The highest BCUT2D eigenvalue weighted by Gasteiger charge is 2.31. The van der Waals surface area contributed by atoms with E-state index in [0.29, 0.717) is 30.3 Å². The number of halogens is 3. The van der Waals surface area contributed by atoms with Crippen LogP contribution in [0.3, 0.4) is 0 Å². The number of alkyl halides is 3. The topological polar surface area (TPSA) is 130 Å². The Balaban J connectivity index is 1.53. The zero-order chi connectivity index (χ0) is 28.6. The number of nitrogens with zero attached hydrogens (tertiary/aromatic N) is 4. The maximum absolute atomic E-state index is 13.2. The summed E-state index contributed by atoms with van der Waals surface area (Å²) in [5.74, 6) is -0.234. The fraction of sp³-hybridized carbons (Fsp3) is 0.357. The van der Waals surface area contributed by atoms with E-state index in [9.17, 15) is 22.8 Å². The minimum Gasteiger partial charge on any atom is -0.368 e. The van der Waals surface area contributed by atoms with Crippen LogP contribution < -0.4 is 21.7 Å². The van der Waals surface area contributed by atoms with Gasteiger partial charge >= 0.3 is 6.18 Å². The van der Waals surface area contributed by atoms with Crippen LogP contribution in [0.5, 0.6) is 0 Å². The quantitative estimate of drug-likeness (QED) is 0.386. The summed E-state index contributed by atoms with van der Waals surface area (Å²) in [4.78, 5) is 36.8. The van der Waals surface area contributed by atoms with Crippen LogP contribution >= 0.6 is 0 Å². The molecule has 5 rings (SSSR count). The van der Waals surface area contributed by atoms with Crippen LogP contribution in [0.25, 0.3) is 11.4 Å². The first kappa shape index (κ1) is 27.4. The molecule has 0 unspecified atom stereocenters. The van der Waals surface area contributed by atoms with Crippen molar-refractivity contribution in [1.82, 2.24) is 14.9 Å². The standard InChI is InChI=1S/C28H30F3N7O2/c1-16(25(32)39)34-24-13-22(26(33)40)35-27(36-24)18-4-9-23-19(12-18)15-37(14-17-2-3-17)10-11-38(23)21-7-5-20(6-8-21)28(29,30)31/h4-9,12-13,16-17H,2-3,10-11,14-15H2,1H3,(H2,32,39)(H2,33,40)(H,34,35,36)/t16-/m0/s1. The minimum absolute atomic E-state index is 0.0270. The Morgan fingerprint density at radius 3 is 2.40 bits per heavy atom. The maximum atomic E-state index is 13.2. The molecule has 1 fully saturated rings. The van der Waals surface area contributed by atoms with Crippen LogP contribution in [0, 0.1) is 5.92 Å². The third kappa shape index (κ3) is 6.17. The number of carbonyl (C=O) groups excluding carboxylic acids is 2. The second kappa shape index (κ2) is 10.8. The summed E-state index contributed by atoms with van der Waals surface area (Å²) >= 11 is 0. The van der Waals surface area contributed by atoms with Gasteiger partial charge in [0.25, 0.3) is 5.91 Å². The first-order valence-electron chi connectivity index (χ1n) is 13.0. The van der Waals surface area contributed by atoms with Gasteiger partial charge in [0.05, 0.1) is 5.56 Å². The number of hydrogen-bond acceptors (Lipinski definition) is 7.